The van der Waals surface area contributed by atoms with Crippen LogP contribution in [0.25, 0.3) is 0 Å². The van der Waals surface area contributed by atoms with Gasteiger partial charge in [-0.1, -0.05) is 90.4 Å². The molecule has 2 aliphatic rings. The standard InChI is InChI=1S/C35H70O12Si4.C28H56O12Si4/c1-9-10-11-12-13-18-27-43-35(39)26-17-22-31-51(8)46-49(6,29-20-15-24-33(37)41-3)44-48(5,28-19-14-23-32(36)40-2)45-50(7,47-51)30-21-16-25-34(38)42-4;1-33-25(29)17-9-13-21-41(5)37-42(6,22-14-10-18-26(30)34-2)39-44(8,24-16-12-20-28(32)36-4)40-43(7,38-41)23-15-11-19-27(31)35-3/h9-31H2,1-8H3;9-24H2,1-8H3. The normalized spacial score (nSPS) is 26.0. The van der Waals surface area contributed by atoms with Crippen molar-refractivity contribution >= 4 is 116 Å². The van der Waals surface area contributed by atoms with Gasteiger partial charge in [-0.05, 0) is 159 Å². The van der Waals surface area contributed by atoms with Crippen LogP contribution in [0.2, 0.25) is 101 Å². The lowest BCUT2D eigenvalue weighted by atomic mass is 10.1. The van der Waals surface area contributed by atoms with Gasteiger partial charge in [0.25, 0.3) is 0 Å². The Morgan fingerprint density at radius 1 is 0.221 bits per heavy atom. The first-order valence-corrected chi connectivity index (χ1v) is 55.2. The maximum absolute atomic E-state index is 12.5. The number of carbonyl (C=O) groups is 8. The molecule has 554 valence electrons. The van der Waals surface area contributed by atoms with Crippen molar-refractivity contribution in [3.8, 4) is 0 Å². The summed E-state index contributed by atoms with van der Waals surface area (Å²) < 4.78 is 96.3. The highest BCUT2D eigenvalue weighted by atomic mass is 28.5. The second-order valence-corrected chi connectivity index (χ2v) is 55.2. The fourth-order valence-electron chi connectivity index (χ4n) is 12.2. The lowest BCUT2D eigenvalue weighted by Crippen LogP contribution is -2.67. The van der Waals surface area contributed by atoms with Crippen molar-refractivity contribution in [2.75, 3.05) is 56.4 Å². The molecule has 0 bridgehead atoms. The van der Waals surface area contributed by atoms with E-state index in [1.807, 2.05) is 0 Å². The molecule has 2 unspecified atom stereocenters. The average molecular weight is 1490 g/mol. The predicted octanol–water partition coefficient (Wildman–Crippen LogP) is 14.2. The van der Waals surface area contributed by atoms with Gasteiger partial charge in [0.1, 0.15) is 0 Å². The minimum absolute atomic E-state index is 0.162. The highest BCUT2D eigenvalue weighted by Gasteiger charge is 2.58. The van der Waals surface area contributed by atoms with Gasteiger partial charge in [0.15, 0.2) is 0 Å². The molecule has 0 radical (unpaired) electrons. The smallest absolute Gasteiger partial charge is 0.317 e. The molecule has 2 atom stereocenters. The Morgan fingerprint density at radius 3 is 0.547 bits per heavy atom. The molecular weight excluding hydrogens is 1370 g/mol. The molecule has 2 rings (SSSR count). The fraction of sp³-hybridized carbons (Fsp3) is 0.873. The number of esters is 8. The third-order valence-corrected chi connectivity index (χ3v) is 54.6. The maximum atomic E-state index is 12.5. The van der Waals surface area contributed by atoms with Crippen LogP contribution in [0.3, 0.4) is 0 Å². The molecule has 0 aromatic rings. The van der Waals surface area contributed by atoms with E-state index in [2.05, 4.69) is 59.3 Å². The van der Waals surface area contributed by atoms with Crippen molar-refractivity contribution < 1.29 is 109 Å². The fourth-order valence-corrected chi connectivity index (χ4v) is 59.4. The monoisotopic (exact) mass is 1490 g/mol. The van der Waals surface area contributed by atoms with Crippen molar-refractivity contribution in [3.05, 3.63) is 0 Å². The molecular formula is C63H126O24Si8. The summed E-state index contributed by atoms with van der Waals surface area (Å²) in [6.45, 7) is 19.3. The minimum Gasteiger partial charge on any atom is -0.469 e. The minimum atomic E-state index is -2.91. The van der Waals surface area contributed by atoms with Crippen molar-refractivity contribution in [3.63, 3.8) is 0 Å². The summed E-state index contributed by atoms with van der Waals surface area (Å²) in [5, 5.41) is 0. The van der Waals surface area contributed by atoms with Crippen molar-refractivity contribution in [1.82, 2.24) is 0 Å². The molecule has 0 amide bonds. The van der Waals surface area contributed by atoms with Crippen LogP contribution < -0.4 is 0 Å². The van der Waals surface area contributed by atoms with Crippen LogP contribution in [0.4, 0.5) is 0 Å². The summed E-state index contributed by atoms with van der Waals surface area (Å²) >= 11 is 0. The van der Waals surface area contributed by atoms with Crippen LogP contribution in [-0.4, -0.2) is 173 Å². The van der Waals surface area contributed by atoms with Crippen LogP contribution >= 0.6 is 0 Å². The van der Waals surface area contributed by atoms with Crippen LogP contribution in [0.15, 0.2) is 0 Å². The number of hydrogen-bond donors (Lipinski definition) is 0. The summed E-state index contributed by atoms with van der Waals surface area (Å²) in [5.41, 5.74) is 0. The molecule has 95 heavy (non-hydrogen) atoms. The highest BCUT2D eigenvalue weighted by molar-refractivity contribution is 6.95. The number of unbranched alkanes of at least 4 members (excludes halogenated alkanes) is 13. The first-order chi connectivity index (χ1) is 44.8. The first-order valence-electron chi connectivity index (χ1n) is 35.0. The van der Waals surface area contributed by atoms with E-state index in [0.29, 0.717) is 158 Å². The van der Waals surface area contributed by atoms with E-state index < -0.39 is 68.5 Å². The Labute approximate surface area is 578 Å². The van der Waals surface area contributed by atoms with E-state index in [1.165, 1.54) is 75.5 Å². The Bertz CT molecular complexity index is 2060. The Balaban J connectivity index is 0.000000960. The molecule has 24 nitrogen and oxygen atoms in total. The second-order valence-electron chi connectivity index (χ2n) is 26.6. The van der Waals surface area contributed by atoms with E-state index in [9.17, 15) is 38.4 Å². The molecule has 0 spiro atoms. The van der Waals surface area contributed by atoms with E-state index >= 15 is 0 Å². The highest BCUT2D eigenvalue weighted by Crippen LogP contribution is 2.42. The van der Waals surface area contributed by atoms with Gasteiger partial charge in [0.05, 0.1) is 56.4 Å². The summed E-state index contributed by atoms with van der Waals surface area (Å²) in [6.07, 6.45) is 20.7. The number of ether oxygens (including phenoxy) is 8. The summed E-state index contributed by atoms with van der Waals surface area (Å²) in [4.78, 5) is 94.9. The molecule has 0 aromatic heterocycles. The average Bonchev–Trinajstić information content (AvgIpc) is 0.781. The lowest BCUT2D eigenvalue weighted by molar-refractivity contribution is -0.144. The summed E-state index contributed by atoms with van der Waals surface area (Å²) in [6, 6.07) is 5.38. The molecule has 2 fully saturated rings. The SMILES string of the molecule is CCCCCCCCOC(=O)CCCC[Si]1(C)O[Si](C)(CCCCC(=O)OC)O[Si](C)(CCCCC(=O)OC)O[Si](C)(CCCCC(=O)OC)O1.COC(=O)CCCC[Si]1(C)O[Si](C)(CCCCC(=O)OC)O[Si](C)(CCCCC(=O)OC)O[Si](C)(CCCCC(=O)OC)O1. The van der Waals surface area contributed by atoms with Gasteiger partial charge < -0.3 is 70.8 Å². The Kier molecular flexibility index (Phi) is 45.6. The molecule has 0 aromatic carbocycles. The lowest BCUT2D eigenvalue weighted by Gasteiger charge is -2.50. The Hall–Kier alpha value is -2.82. The molecule has 32 heteroatoms. The topological polar surface area (TPSA) is 284 Å². The van der Waals surface area contributed by atoms with E-state index in [0.717, 1.165) is 64.2 Å². The van der Waals surface area contributed by atoms with Crippen molar-refractivity contribution in [2.24, 2.45) is 0 Å². The van der Waals surface area contributed by atoms with Crippen LogP contribution in [0.5, 0.6) is 0 Å². The largest absolute Gasteiger partial charge is 0.469 e. The quantitative estimate of drug-likeness (QED) is 0.0237. The number of rotatable bonds is 47. The third-order valence-electron chi connectivity index (χ3n) is 16.9. The zero-order valence-electron chi connectivity index (χ0n) is 61.4. The number of methoxy groups -OCH3 is 7. The molecule has 0 N–H and O–H groups in total. The molecule has 0 aliphatic carbocycles. The van der Waals surface area contributed by atoms with E-state index in [4.69, 9.17) is 70.8 Å². The van der Waals surface area contributed by atoms with Crippen LogP contribution in [0, 0.1) is 0 Å². The van der Waals surface area contributed by atoms with Gasteiger partial charge in [-0.15, -0.1) is 0 Å². The number of hydrogen-bond acceptors (Lipinski definition) is 24. The van der Waals surface area contributed by atoms with Gasteiger partial charge in [0, 0.05) is 51.4 Å². The van der Waals surface area contributed by atoms with Gasteiger partial charge in [0.2, 0.25) is 0 Å². The van der Waals surface area contributed by atoms with E-state index in [1.54, 1.807) is 0 Å². The van der Waals surface area contributed by atoms with Gasteiger partial charge in [-0.25, -0.2) is 0 Å². The van der Waals surface area contributed by atoms with Crippen molar-refractivity contribution in [2.45, 2.75) is 300 Å². The predicted molar refractivity (Wildman–Crippen MR) is 379 cm³/mol. The summed E-state index contributed by atoms with van der Waals surface area (Å²) in [5.74, 6) is -1.86. The molecule has 2 aliphatic heterocycles. The van der Waals surface area contributed by atoms with Gasteiger partial charge >= 0.3 is 116 Å². The summed E-state index contributed by atoms with van der Waals surface area (Å²) in [7, 11) is -13.3. The first kappa shape index (κ1) is 90.2. The molecule has 2 heterocycles. The van der Waals surface area contributed by atoms with Crippen molar-refractivity contribution in [1.29, 1.82) is 0 Å². The zero-order chi connectivity index (χ0) is 71.5. The van der Waals surface area contributed by atoms with Crippen LogP contribution in [0.1, 0.15) is 200 Å². The molecule has 2 saturated heterocycles. The van der Waals surface area contributed by atoms with E-state index in [-0.39, 0.29) is 47.8 Å². The van der Waals surface area contributed by atoms with Gasteiger partial charge in [-0.3, -0.25) is 38.4 Å². The second kappa shape index (κ2) is 48.1. The third kappa shape index (κ3) is 41.5. The van der Waals surface area contributed by atoms with Gasteiger partial charge in [-0.2, -0.15) is 0 Å². The molecule has 0 saturated carbocycles. The Morgan fingerprint density at radius 2 is 0.379 bits per heavy atom. The number of carbonyl (C=O) groups excluding carboxylic acids is 8. The maximum Gasteiger partial charge on any atom is 0.317 e. The zero-order valence-corrected chi connectivity index (χ0v) is 69.4. The van der Waals surface area contributed by atoms with Crippen LogP contribution in [-0.2, 0) is 109 Å².